The van der Waals surface area contributed by atoms with E-state index in [4.69, 9.17) is 0 Å². The monoisotopic (exact) mass is 480 g/mol. The molecule has 1 N–H and O–H groups in total. The highest BCUT2D eigenvalue weighted by Crippen LogP contribution is 2.37. The molecule has 0 aliphatic heterocycles. The van der Waals surface area contributed by atoms with Crippen molar-refractivity contribution in [3.05, 3.63) is 59.9 Å². The fourth-order valence-electron chi connectivity index (χ4n) is 3.79. The van der Waals surface area contributed by atoms with Crippen LogP contribution in [0.5, 0.6) is 0 Å². The van der Waals surface area contributed by atoms with E-state index in [2.05, 4.69) is 15.2 Å². The van der Waals surface area contributed by atoms with E-state index in [1.807, 2.05) is 31.2 Å². The zero-order valence-electron chi connectivity index (χ0n) is 17.9. The van der Waals surface area contributed by atoms with Gasteiger partial charge in [-0.05, 0) is 48.7 Å². The minimum atomic E-state index is -0.327. The topological polar surface area (TPSA) is 79.0 Å². The van der Waals surface area contributed by atoms with Crippen LogP contribution in [0.25, 0.3) is 22.2 Å². The lowest BCUT2D eigenvalue weighted by Crippen LogP contribution is -2.32. The standard InChI is InChI=1S/C24H21FN4O2S2/c1-2-20(31)29(16-11-12-16)23-27-28-24(33-23)32-13-19(30)21-17-5-3-4-6-18(17)26-22(21)14-7-9-15(25)10-8-14/h3-10,16,26H,2,11-13H2,1H3. The minimum absolute atomic E-state index is 0.0454. The SMILES string of the molecule is CCC(=O)N(c1nnc(SCC(=O)c2c(-c3ccc(F)cc3)[nH]c3ccccc23)s1)C1CC1. The molecule has 0 radical (unpaired) electrons. The number of amides is 1. The number of hydrogen-bond acceptors (Lipinski definition) is 6. The van der Waals surface area contributed by atoms with Crippen molar-refractivity contribution in [2.24, 2.45) is 0 Å². The van der Waals surface area contributed by atoms with Gasteiger partial charge in [0.25, 0.3) is 0 Å². The van der Waals surface area contributed by atoms with Gasteiger partial charge in [0, 0.05) is 23.4 Å². The van der Waals surface area contributed by atoms with E-state index in [1.165, 1.54) is 35.2 Å². The van der Waals surface area contributed by atoms with Gasteiger partial charge in [-0.2, -0.15) is 0 Å². The molecule has 0 saturated heterocycles. The van der Waals surface area contributed by atoms with E-state index in [0.717, 1.165) is 29.3 Å². The van der Waals surface area contributed by atoms with Crippen LogP contribution in [0.3, 0.4) is 0 Å². The van der Waals surface area contributed by atoms with Crippen LogP contribution < -0.4 is 4.90 Å². The number of thioether (sulfide) groups is 1. The van der Waals surface area contributed by atoms with Gasteiger partial charge >= 0.3 is 0 Å². The Kier molecular flexibility index (Phi) is 5.99. The number of nitrogens with one attached hydrogen (secondary N) is 1. The lowest BCUT2D eigenvalue weighted by molar-refractivity contribution is -0.118. The molecule has 1 amide bonds. The first-order valence-electron chi connectivity index (χ1n) is 10.7. The van der Waals surface area contributed by atoms with Crippen molar-refractivity contribution in [3.8, 4) is 11.3 Å². The Balaban J connectivity index is 1.39. The number of carbonyl (C=O) groups excluding carboxylic acids is 2. The minimum Gasteiger partial charge on any atom is -0.354 e. The Morgan fingerprint density at radius 3 is 2.64 bits per heavy atom. The van der Waals surface area contributed by atoms with Crippen molar-refractivity contribution in [3.63, 3.8) is 0 Å². The highest BCUT2D eigenvalue weighted by atomic mass is 32.2. The molecule has 2 heterocycles. The summed E-state index contributed by atoms with van der Waals surface area (Å²) in [5.74, 6) is -0.163. The van der Waals surface area contributed by atoms with Gasteiger partial charge in [0.05, 0.1) is 17.0 Å². The molecular weight excluding hydrogens is 459 g/mol. The molecule has 2 aromatic heterocycles. The van der Waals surface area contributed by atoms with Crippen molar-refractivity contribution in [1.29, 1.82) is 0 Å². The maximum Gasteiger partial charge on any atom is 0.228 e. The number of aromatic amines is 1. The van der Waals surface area contributed by atoms with Crippen LogP contribution in [0.2, 0.25) is 0 Å². The normalized spacial score (nSPS) is 13.4. The smallest absolute Gasteiger partial charge is 0.228 e. The summed E-state index contributed by atoms with van der Waals surface area (Å²) < 4.78 is 14.1. The van der Waals surface area contributed by atoms with Crippen LogP contribution in [-0.4, -0.2) is 38.7 Å². The van der Waals surface area contributed by atoms with E-state index in [1.54, 1.807) is 17.0 Å². The van der Waals surface area contributed by atoms with Crippen LogP contribution in [-0.2, 0) is 4.79 Å². The fraction of sp³-hybridized carbons (Fsp3) is 0.250. The summed E-state index contributed by atoms with van der Waals surface area (Å²) >= 11 is 2.66. The number of rotatable bonds is 8. The Morgan fingerprint density at radius 2 is 1.91 bits per heavy atom. The predicted molar refractivity (Wildman–Crippen MR) is 129 cm³/mol. The summed E-state index contributed by atoms with van der Waals surface area (Å²) in [4.78, 5) is 30.7. The quantitative estimate of drug-likeness (QED) is 0.199. The van der Waals surface area contributed by atoms with Gasteiger partial charge in [-0.3, -0.25) is 14.5 Å². The summed E-state index contributed by atoms with van der Waals surface area (Å²) in [6, 6.07) is 13.9. The number of H-pyrrole nitrogens is 1. The number of hydrogen-bond donors (Lipinski definition) is 1. The van der Waals surface area contributed by atoms with E-state index >= 15 is 0 Å². The number of para-hydroxylation sites is 1. The number of benzene rings is 2. The van der Waals surface area contributed by atoms with Crippen molar-refractivity contribution in [2.45, 2.75) is 36.6 Å². The van der Waals surface area contributed by atoms with Crippen molar-refractivity contribution in [1.82, 2.24) is 15.2 Å². The molecular formula is C24H21FN4O2S2. The van der Waals surface area contributed by atoms with Gasteiger partial charge in [0.1, 0.15) is 5.82 Å². The highest BCUT2D eigenvalue weighted by Gasteiger charge is 2.35. The average Bonchev–Trinajstić information content (AvgIpc) is 3.41. The van der Waals surface area contributed by atoms with Gasteiger partial charge in [0.2, 0.25) is 11.0 Å². The van der Waals surface area contributed by atoms with Crippen LogP contribution in [0.15, 0.2) is 52.9 Å². The second-order valence-electron chi connectivity index (χ2n) is 7.84. The third-order valence-electron chi connectivity index (χ3n) is 5.53. The number of carbonyl (C=O) groups is 2. The third kappa shape index (κ3) is 4.43. The number of nitrogens with zero attached hydrogens (tertiary/aromatic N) is 3. The number of Topliss-reactive ketones (excluding diaryl/α,β-unsaturated/α-hetero) is 1. The van der Waals surface area contributed by atoms with Crippen LogP contribution in [0, 0.1) is 5.82 Å². The molecule has 1 aliphatic rings. The molecule has 1 aliphatic carbocycles. The molecule has 33 heavy (non-hydrogen) atoms. The van der Waals surface area contributed by atoms with Gasteiger partial charge in [-0.1, -0.05) is 48.2 Å². The summed E-state index contributed by atoms with van der Waals surface area (Å²) in [5.41, 5.74) is 2.85. The first-order chi connectivity index (χ1) is 16.0. The van der Waals surface area contributed by atoms with E-state index in [0.29, 0.717) is 27.1 Å². The summed E-state index contributed by atoms with van der Waals surface area (Å²) in [6.07, 6.45) is 2.39. The molecule has 0 atom stereocenters. The molecule has 5 rings (SSSR count). The van der Waals surface area contributed by atoms with Crippen LogP contribution in [0.1, 0.15) is 36.5 Å². The number of halogens is 1. The Morgan fingerprint density at radius 1 is 1.15 bits per heavy atom. The van der Waals surface area contributed by atoms with Gasteiger partial charge in [-0.15, -0.1) is 10.2 Å². The molecule has 168 valence electrons. The second-order valence-corrected chi connectivity index (χ2v) is 10.0. The summed E-state index contributed by atoms with van der Waals surface area (Å²) in [5, 5.41) is 9.84. The van der Waals surface area contributed by atoms with Gasteiger partial charge in [0.15, 0.2) is 10.1 Å². The number of aromatic nitrogens is 3. The van der Waals surface area contributed by atoms with Gasteiger partial charge < -0.3 is 4.98 Å². The van der Waals surface area contributed by atoms with Gasteiger partial charge in [-0.25, -0.2) is 4.39 Å². The maximum atomic E-state index is 13.4. The fourth-order valence-corrected chi connectivity index (χ4v) is 5.59. The van der Waals surface area contributed by atoms with Crippen molar-refractivity contribution in [2.75, 3.05) is 10.7 Å². The zero-order valence-corrected chi connectivity index (χ0v) is 19.5. The molecule has 4 aromatic rings. The molecule has 0 spiro atoms. The predicted octanol–water partition coefficient (Wildman–Crippen LogP) is 5.71. The highest BCUT2D eigenvalue weighted by molar-refractivity contribution is 8.01. The second kappa shape index (κ2) is 9.07. The maximum absolute atomic E-state index is 13.4. The summed E-state index contributed by atoms with van der Waals surface area (Å²) in [7, 11) is 0. The van der Waals surface area contributed by atoms with E-state index in [9.17, 15) is 14.0 Å². The lowest BCUT2D eigenvalue weighted by Gasteiger charge is -2.17. The number of anilines is 1. The molecule has 0 bridgehead atoms. The van der Waals surface area contributed by atoms with E-state index in [-0.39, 0.29) is 29.3 Å². The summed E-state index contributed by atoms with van der Waals surface area (Å²) in [6.45, 7) is 1.84. The first-order valence-corrected chi connectivity index (χ1v) is 12.5. The lowest BCUT2D eigenvalue weighted by atomic mass is 10.0. The largest absolute Gasteiger partial charge is 0.354 e. The molecule has 1 fully saturated rings. The number of ketones is 1. The van der Waals surface area contributed by atoms with Crippen molar-refractivity contribution < 1.29 is 14.0 Å². The van der Waals surface area contributed by atoms with Crippen molar-refractivity contribution >= 4 is 50.8 Å². The zero-order chi connectivity index (χ0) is 22.9. The van der Waals surface area contributed by atoms with Crippen LogP contribution >= 0.6 is 23.1 Å². The molecule has 6 nitrogen and oxygen atoms in total. The molecule has 2 aromatic carbocycles. The average molecular weight is 481 g/mol. The molecule has 0 unspecified atom stereocenters. The molecule has 1 saturated carbocycles. The molecule has 9 heteroatoms. The Hall–Kier alpha value is -3.04. The third-order valence-corrected chi connectivity index (χ3v) is 7.59. The van der Waals surface area contributed by atoms with Crippen LogP contribution in [0.4, 0.5) is 9.52 Å². The Labute approximate surface area is 198 Å². The Bertz CT molecular complexity index is 1330. The number of fused-ring (bicyclic) bond motifs is 1. The first kappa shape index (κ1) is 21.8. The van der Waals surface area contributed by atoms with E-state index < -0.39 is 0 Å².